The Balaban J connectivity index is 2.19. The predicted molar refractivity (Wildman–Crippen MR) is 75.6 cm³/mol. The van der Waals surface area contributed by atoms with Crippen LogP contribution in [-0.2, 0) is 6.54 Å². The van der Waals surface area contributed by atoms with E-state index in [1.54, 1.807) is 12.1 Å². The fourth-order valence-electron chi connectivity index (χ4n) is 2.90. The Hall–Kier alpha value is -1.13. The van der Waals surface area contributed by atoms with Gasteiger partial charge in [0.2, 0.25) is 0 Å². The van der Waals surface area contributed by atoms with Gasteiger partial charge in [-0.1, -0.05) is 25.3 Å². The maximum atomic E-state index is 13.8. The Morgan fingerprint density at radius 1 is 1.26 bits per heavy atom. The monoisotopic (exact) mass is 266 g/mol. The number of anilines is 1. The first-order valence-corrected chi connectivity index (χ1v) is 7.12. The van der Waals surface area contributed by atoms with Gasteiger partial charge in [0, 0.05) is 30.4 Å². The molecule has 3 N–H and O–H groups in total. The molecular weight excluding hydrogens is 243 g/mol. The van der Waals surface area contributed by atoms with E-state index in [2.05, 4.69) is 4.90 Å². The summed E-state index contributed by atoms with van der Waals surface area (Å²) in [7, 11) is 0. The first-order chi connectivity index (χ1) is 9.26. The number of aliphatic hydroxyl groups is 1. The van der Waals surface area contributed by atoms with Gasteiger partial charge in [0.15, 0.2) is 0 Å². The highest BCUT2D eigenvalue weighted by molar-refractivity contribution is 5.49. The van der Waals surface area contributed by atoms with Crippen LogP contribution in [0.2, 0.25) is 0 Å². The van der Waals surface area contributed by atoms with Crippen LogP contribution in [0.4, 0.5) is 10.1 Å². The zero-order valence-corrected chi connectivity index (χ0v) is 11.3. The van der Waals surface area contributed by atoms with Gasteiger partial charge in [0.1, 0.15) is 5.82 Å². The number of nitrogens with two attached hydrogens (primary N) is 1. The summed E-state index contributed by atoms with van der Waals surface area (Å²) in [5.41, 5.74) is 6.88. The second-order valence-corrected chi connectivity index (χ2v) is 5.19. The van der Waals surface area contributed by atoms with Gasteiger partial charge >= 0.3 is 0 Å². The van der Waals surface area contributed by atoms with Crippen LogP contribution in [0.15, 0.2) is 18.2 Å². The highest BCUT2D eigenvalue weighted by atomic mass is 19.1. The number of halogens is 1. The average molecular weight is 266 g/mol. The standard InChI is InChI=1S/C15H23FN2O/c16-15-10-14(7-6-12(15)11-17)18(8-9-19)13-4-2-1-3-5-13/h6-7,10,13,19H,1-5,8-9,11,17H2. The normalized spacial score (nSPS) is 16.6. The molecule has 1 aliphatic carbocycles. The van der Waals surface area contributed by atoms with Crippen molar-refractivity contribution in [2.24, 2.45) is 5.73 Å². The second kappa shape index (κ2) is 6.87. The first kappa shape index (κ1) is 14.3. The Kier molecular flexibility index (Phi) is 5.16. The van der Waals surface area contributed by atoms with Gasteiger partial charge in [0.05, 0.1) is 6.61 Å². The molecule has 1 aromatic rings. The largest absolute Gasteiger partial charge is 0.395 e. The van der Waals surface area contributed by atoms with Gasteiger partial charge in [-0.15, -0.1) is 0 Å². The average Bonchev–Trinajstić information content (AvgIpc) is 2.45. The van der Waals surface area contributed by atoms with Crippen molar-refractivity contribution in [1.82, 2.24) is 0 Å². The third kappa shape index (κ3) is 3.45. The van der Waals surface area contributed by atoms with Gasteiger partial charge < -0.3 is 15.7 Å². The summed E-state index contributed by atoms with van der Waals surface area (Å²) in [5, 5.41) is 9.24. The Labute approximate surface area is 114 Å². The van der Waals surface area contributed by atoms with E-state index < -0.39 is 0 Å². The SMILES string of the molecule is NCc1ccc(N(CCO)C2CCCCC2)cc1F. The zero-order chi connectivity index (χ0) is 13.7. The Morgan fingerprint density at radius 2 is 2.00 bits per heavy atom. The van der Waals surface area contributed by atoms with E-state index in [1.165, 1.54) is 19.3 Å². The molecule has 2 rings (SSSR count). The van der Waals surface area contributed by atoms with Crippen LogP contribution in [0.25, 0.3) is 0 Å². The summed E-state index contributed by atoms with van der Waals surface area (Å²) in [6.45, 7) is 0.873. The van der Waals surface area contributed by atoms with Crippen LogP contribution in [-0.4, -0.2) is 24.3 Å². The third-order valence-electron chi connectivity index (χ3n) is 3.94. The fraction of sp³-hybridized carbons (Fsp3) is 0.600. The number of hydrogen-bond acceptors (Lipinski definition) is 3. The summed E-state index contributed by atoms with van der Waals surface area (Å²) in [4.78, 5) is 2.14. The topological polar surface area (TPSA) is 49.5 Å². The quantitative estimate of drug-likeness (QED) is 0.860. The fourth-order valence-corrected chi connectivity index (χ4v) is 2.90. The molecule has 0 aliphatic heterocycles. The first-order valence-electron chi connectivity index (χ1n) is 7.12. The minimum absolute atomic E-state index is 0.0940. The van der Waals surface area contributed by atoms with E-state index in [4.69, 9.17) is 5.73 Å². The van der Waals surface area contributed by atoms with Crippen LogP contribution in [0, 0.1) is 5.82 Å². The number of nitrogens with zero attached hydrogens (tertiary/aromatic N) is 1. The number of rotatable bonds is 5. The van der Waals surface area contributed by atoms with Crippen molar-refractivity contribution >= 4 is 5.69 Å². The third-order valence-corrected chi connectivity index (χ3v) is 3.94. The van der Waals surface area contributed by atoms with Crippen molar-refractivity contribution in [3.8, 4) is 0 Å². The molecule has 19 heavy (non-hydrogen) atoms. The van der Waals surface area contributed by atoms with Crippen molar-refractivity contribution in [2.45, 2.75) is 44.7 Å². The summed E-state index contributed by atoms with van der Waals surface area (Å²) in [6, 6.07) is 5.63. The summed E-state index contributed by atoms with van der Waals surface area (Å²) in [5.74, 6) is -0.251. The molecule has 0 spiro atoms. The van der Waals surface area contributed by atoms with Crippen LogP contribution >= 0.6 is 0 Å². The predicted octanol–water partition coefficient (Wildman–Crippen LogP) is 2.42. The van der Waals surface area contributed by atoms with E-state index >= 15 is 0 Å². The van der Waals surface area contributed by atoms with Gasteiger partial charge in [-0.2, -0.15) is 0 Å². The lowest BCUT2D eigenvalue weighted by molar-refractivity contribution is 0.290. The molecule has 4 heteroatoms. The maximum absolute atomic E-state index is 13.8. The lowest BCUT2D eigenvalue weighted by Gasteiger charge is -2.36. The minimum Gasteiger partial charge on any atom is -0.395 e. The maximum Gasteiger partial charge on any atom is 0.129 e. The summed E-state index contributed by atoms with van der Waals surface area (Å²) >= 11 is 0. The van der Waals surface area contributed by atoms with Gasteiger partial charge in [-0.25, -0.2) is 4.39 Å². The van der Waals surface area contributed by atoms with Crippen molar-refractivity contribution in [2.75, 3.05) is 18.1 Å². The lowest BCUT2D eigenvalue weighted by atomic mass is 9.93. The number of hydrogen-bond donors (Lipinski definition) is 2. The number of benzene rings is 1. The van der Waals surface area contributed by atoms with E-state index in [0.717, 1.165) is 18.5 Å². The molecule has 0 saturated heterocycles. The molecule has 1 saturated carbocycles. The molecule has 3 nitrogen and oxygen atoms in total. The van der Waals surface area contributed by atoms with Crippen molar-refractivity contribution in [3.63, 3.8) is 0 Å². The van der Waals surface area contributed by atoms with E-state index in [1.807, 2.05) is 6.07 Å². The van der Waals surface area contributed by atoms with Crippen molar-refractivity contribution in [1.29, 1.82) is 0 Å². The molecule has 1 aromatic carbocycles. The Bertz CT molecular complexity index is 405. The van der Waals surface area contributed by atoms with Crippen LogP contribution in [0.3, 0.4) is 0 Å². The molecule has 0 aromatic heterocycles. The smallest absolute Gasteiger partial charge is 0.129 e. The van der Waals surface area contributed by atoms with E-state index in [-0.39, 0.29) is 19.0 Å². The highest BCUT2D eigenvalue weighted by Crippen LogP contribution is 2.28. The highest BCUT2D eigenvalue weighted by Gasteiger charge is 2.21. The van der Waals surface area contributed by atoms with Crippen LogP contribution < -0.4 is 10.6 Å². The van der Waals surface area contributed by atoms with Gasteiger partial charge in [0.25, 0.3) is 0 Å². The molecule has 0 heterocycles. The Morgan fingerprint density at radius 3 is 2.58 bits per heavy atom. The molecular formula is C15H23FN2O. The molecule has 0 amide bonds. The second-order valence-electron chi connectivity index (χ2n) is 5.19. The lowest BCUT2D eigenvalue weighted by Crippen LogP contribution is -2.39. The number of aliphatic hydroxyl groups excluding tert-OH is 1. The molecule has 1 aliphatic rings. The molecule has 0 unspecified atom stereocenters. The molecule has 1 fully saturated rings. The molecule has 0 radical (unpaired) electrons. The molecule has 0 atom stereocenters. The molecule has 106 valence electrons. The van der Waals surface area contributed by atoms with Crippen LogP contribution in [0.1, 0.15) is 37.7 Å². The van der Waals surface area contributed by atoms with E-state index in [9.17, 15) is 9.50 Å². The van der Waals surface area contributed by atoms with E-state index in [0.29, 0.717) is 18.2 Å². The van der Waals surface area contributed by atoms with Crippen LogP contribution in [0.5, 0.6) is 0 Å². The molecule has 0 bridgehead atoms. The van der Waals surface area contributed by atoms with Crippen molar-refractivity contribution in [3.05, 3.63) is 29.6 Å². The summed E-state index contributed by atoms with van der Waals surface area (Å²) < 4.78 is 13.8. The zero-order valence-electron chi connectivity index (χ0n) is 11.3. The van der Waals surface area contributed by atoms with Gasteiger partial charge in [-0.3, -0.25) is 0 Å². The minimum atomic E-state index is -0.251. The van der Waals surface area contributed by atoms with Gasteiger partial charge in [-0.05, 0) is 25.0 Å². The van der Waals surface area contributed by atoms with Crippen molar-refractivity contribution < 1.29 is 9.50 Å². The summed E-state index contributed by atoms with van der Waals surface area (Å²) in [6.07, 6.45) is 5.97.